The van der Waals surface area contributed by atoms with Gasteiger partial charge in [-0.2, -0.15) is 0 Å². The van der Waals surface area contributed by atoms with Crippen molar-refractivity contribution in [3.63, 3.8) is 0 Å². The first kappa shape index (κ1) is 7.43. The molecule has 0 bridgehead atoms. The molecule has 3 nitrogen and oxygen atoms in total. The van der Waals surface area contributed by atoms with E-state index in [0.29, 0.717) is 6.54 Å². The van der Waals surface area contributed by atoms with Crippen molar-refractivity contribution in [3.8, 4) is 0 Å². The van der Waals surface area contributed by atoms with Crippen molar-refractivity contribution in [2.45, 2.75) is 13.3 Å². The van der Waals surface area contributed by atoms with Gasteiger partial charge >= 0.3 is 0 Å². The van der Waals surface area contributed by atoms with Gasteiger partial charge in [-0.1, -0.05) is 6.92 Å². The molecule has 1 amide bonds. The molecule has 0 rings (SSSR count). The average Bonchev–Trinajstić information content (AvgIpc) is 1.69. The average molecular weight is 116 g/mol. The Kier molecular flexibility index (Phi) is 3.19. The van der Waals surface area contributed by atoms with Crippen molar-refractivity contribution < 1.29 is 4.79 Å². The topological polar surface area (TPSA) is 69.1 Å². The van der Waals surface area contributed by atoms with Gasteiger partial charge in [-0.3, -0.25) is 4.79 Å². The fourth-order valence-corrected chi connectivity index (χ4v) is 0.484. The van der Waals surface area contributed by atoms with E-state index in [1.165, 1.54) is 0 Å². The first-order valence-corrected chi connectivity index (χ1v) is 2.71. The zero-order valence-electron chi connectivity index (χ0n) is 5.05. The fourth-order valence-electron chi connectivity index (χ4n) is 0.484. The van der Waals surface area contributed by atoms with Crippen LogP contribution in [-0.2, 0) is 4.79 Å². The molecule has 1 atom stereocenters. The molecule has 0 heterocycles. The monoisotopic (exact) mass is 116 g/mol. The van der Waals surface area contributed by atoms with Crippen molar-refractivity contribution in [1.82, 2.24) is 0 Å². The summed E-state index contributed by atoms with van der Waals surface area (Å²) in [6.45, 7) is 2.26. The van der Waals surface area contributed by atoms with Crippen LogP contribution in [0.25, 0.3) is 0 Å². The third kappa shape index (κ3) is 1.93. The summed E-state index contributed by atoms with van der Waals surface area (Å²) in [5, 5.41) is 0. The minimum Gasteiger partial charge on any atom is -0.369 e. The lowest BCUT2D eigenvalue weighted by Crippen LogP contribution is -2.28. The molecule has 3 heteroatoms. The van der Waals surface area contributed by atoms with Gasteiger partial charge in [0.25, 0.3) is 0 Å². The van der Waals surface area contributed by atoms with Crippen LogP contribution in [0.3, 0.4) is 0 Å². The normalized spacial score (nSPS) is 13.2. The fraction of sp³-hybridized carbons (Fsp3) is 0.800. The Morgan fingerprint density at radius 2 is 2.25 bits per heavy atom. The highest BCUT2D eigenvalue weighted by atomic mass is 16.1. The summed E-state index contributed by atoms with van der Waals surface area (Å²) in [5.74, 6) is -0.426. The van der Waals surface area contributed by atoms with Crippen LogP contribution in [0.5, 0.6) is 0 Å². The number of nitrogens with two attached hydrogens (primary N) is 2. The Morgan fingerprint density at radius 1 is 1.75 bits per heavy atom. The molecule has 1 unspecified atom stereocenters. The smallest absolute Gasteiger partial charge is 0.221 e. The molecule has 0 saturated heterocycles. The third-order valence-corrected chi connectivity index (χ3v) is 1.18. The van der Waals surface area contributed by atoms with E-state index < -0.39 is 0 Å². The Balaban J connectivity index is 3.52. The van der Waals surface area contributed by atoms with E-state index in [0.717, 1.165) is 6.42 Å². The van der Waals surface area contributed by atoms with E-state index in [-0.39, 0.29) is 11.8 Å². The molecule has 0 saturated carbocycles. The molecule has 0 radical (unpaired) electrons. The summed E-state index contributed by atoms with van der Waals surface area (Å²) in [7, 11) is 0. The summed E-state index contributed by atoms with van der Waals surface area (Å²) < 4.78 is 0. The highest BCUT2D eigenvalue weighted by Gasteiger charge is 2.08. The van der Waals surface area contributed by atoms with E-state index >= 15 is 0 Å². The summed E-state index contributed by atoms with van der Waals surface area (Å²) in [5.41, 5.74) is 10.1. The van der Waals surface area contributed by atoms with E-state index in [9.17, 15) is 4.79 Å². The Hall–Kier alpha value is -0.570. The van der Waals surface area contributed by atoms with Crippen LogP contribution in [-0.4, -0.2) is 12.5 Å². The standard InChI is InChI=1S/C5H12N2O/c1-2-4(3-6)5(7)8/h4H,2-3,6H2,1H3,(H2,7,8). The maximum absolute atomic E-state index is 10.3. The van der Waals surface area contributed by atoms with Gasteiger partial charge in [-0.05, 0) is 6.42 Å². The Morgan fingerprint density at radius 3 is 2.25 bits per heavy atom. The Bertz CT molecular complexity index is 78.5. The van der Waals surface area contributed by atoms with Crippen molar-refractivity contribution in [2.75, 3.05) is 6.54 Å². The van der Waals surface area contributed by atoms with E-state index in [1.807, 2.05) is 6.92 Å². The number of primary amides is 1. The van der Waals surface area contributed by atoms with Gasteiger partial charge in [0.15, 0.2) is 0 Å². The SMILES string of the molecule is CCC(CN)C(N)=O. The molecule has 0 aliphatic carbocycles. The highest BCUT2D eigenvalue weighted by molar-refractivity contribution is 5.76. The molecular weight excluding hydrogens is 104 g/mol. The van der Waals surface area contributed by atoms with Crippen LogP contribution in [0, 0.1) is 5.92 Å². The highest BCUT2D eigenvalue weighted by Crippen LogP contribution is 1.95. The molecule has 48 valence electrons. The predicted molar refractivity (Wildman–Crippen MR) is 32.0 cm³/mol. The molecule has 0 fully saturated rings. The van der Waals surface area contributed by atoms with Crippen molar-refractivity contribution >= 4 is 5.91 Å². The van der Waals surface area contributed by atoms with Crippen LogP contribution in [0.15, 0.2) is 0 Å². The zero-order valence-corrected chi connectivity index (χ0v) is 5.05. The number of rotatable bonds is 3. The maximum atomic E-state index is 10.3. The van der Waals surface area contributed by atoms with Gasteiger partial charge in [0, 0.05) is 12.5 Å². The van der Waals surface area contributed by atoms with E-state index in [2.05, 4.69) is 0 Å². The van der Waals surface area contributed by atoms with E-state index in [4.69, 9.17) is 11.5 Å². The molecule has 0 aromatic carbocycles. The van der Waals surface area contributed by atoms with Gasteiger partial charge in [-0.15, -0.1) is 0 Å². The summed E-state index contributed by atoms with van der Waals surface area (Å²) in [4.78, 5) is 10.3. The number of carbonyl (C=O) groups excluding carboxylic acids is 1. The van der Waals surface area contributed by atoms with Crippen LogP contribution in [0.4, 0.5) is 0 Å². The zero-order chi connectivity index (χ0) is 6.57. The first-order chi connectivity index (χ1) is 3.72. The van der Waals surface area contributed by atoms with Crippen molar-refractivity contribution in [2.24, 2.45) is 17.4 Å². The second-order valence-corrected chi connectivity index (χ2v) is 1.74. The van der Waals surface area contributed by atoms with Crippen LogP contribution < -0.4 is 11.5 Å². The molecule has 4 N–H and O–H groups in total. The second-order valence-electron chi connectivity index (χ2n) is 1.74. The van der Waals surface area contributed by atoms with Gasteiger partial charge in [0.2, 0.25) is 5.91 Å². The molecular formula is C5H12N2O. The Labute approximate surface area is 49.0 Å². The summed E-state index contributed by atoms with van der Waals surface area (Å²) >= 11 is 0. The molecule has 0 aromatic heterocycles. The predicted octanol–water partition coefficient (Wildman–Crippen LogP) is -0.543. The van der Waals surface area contributed by atoms with Gasteiger partial charge in [0.1, 0.15) is 0 Å². The largest absolute Gasteiger partial charge is 0.369 e. The first-order valence-electron chi connectivity index (χ1n) is 2.71. The third-order valence-electron chi connectivity index (χ3n) is 1.18. The quantitative estimate of drug-likeness (QED) is 0.519. The van der Waals surface area contributed by atoms with Crippen molar-refractivity contribution in [3.05, 3.63) is 0 Å². The number of hydrogen-bond acceptors (Lipinski definition) is 2. The molecule has 0 aliphatic rings. The van der Waals surface area contributed by atoms with Crippen LogP contribution >= 0.6 is 0 Å². The minimum atomic E-state index is -0.296. The van der Waals surface area contributed by atoms with Crippen LogP contribution in [0.2, 0.25) is 0 Å². The van der Waals surface area contributed by atoms with Gasteiger partial charge in [0.05, 0.1) is 0 Å². The molecule has 8 heavy (non-hydrogen) atoms. The lowest BCUT2D eigenvalue weighted by molar-refractivity contribution is -0.121. The van der Waals surface area contributed by atoms with Crippen LogP contribution in [0.1, 0.15) is 13.3 Å². The number of carbonyl (C=O) groups is 1. The second kappa shape index (κ2) is 3.43. The minimum absolute atomic E-state index is 0.130. The lowest BCUT2D eigenvalue weighted by Gasteiger charge is -2.04. The maximum Gasteiger partial charge on any atom is 0.221 e. The van der Waals surface area contributed by atoms with E-state index in [1.54, 1.807) is 0 Å². The number of amides is 1. The molecule has 0 aliphatic heterocycles. The summed E-state index contributed by atoms with van der Waals surface area (Å²) in [6.07, 6.45) is 0.742. The van der Waals surface area contributed by atoms with Gasteiger partial charge in [-0.25, -0.2) is 0 Å². The summed E-state index contributed by atoms with van der Waals surface area (Å²) in [6, 6.07) is 0. The van der Waals surface area contributed by atoms with Crippen molar-refractivity contribution in [1.29, 1.82) is 0 Å². The molecule has 0 aromatic rings. The lowest BCUT2D eigenvalue weighted by atomic mass is 10.1. The molecule has 0 spiro atoms. The number of hydrogen-bond donors (Lipinski definition) is 2. The van der Waals surface area contributed by atoms with Gasteiger partial charge < -0.3 is 11.5 Å².